The summed E-state index contributed by atoms with van der Waals surface area (Å²) in [5, 5.41) is 5.70. The van der Waals surface area contributed by atoms with E-state index in [1.54, 1.807) is 58.9 Å². The van der Waals surface area contributed by atoms with Crippen molar-refractivity contribution in [3.8, 4) is 0 Å². The summed E-state index contributed by atoms with van der Waals surface area (Å²) >= 11 is 5.99. The van der Waals surface area contributed by atoms with E-state index in [1.807, 2.05) is 0 Å². The minimum absolute atomic E-state index is 0.0847. The maximum absolute atomic E-state index is 12.9. The third-order valence-corrected chi connectivity index (χ3v) is 4.44. The highest BCUT2D eigenvalue weighted by Gasteiger charge is 2.44. The molecule has 2 atom stereocenters. The molecule has 1 aromatic rings. The molecule has 1 amide bonds. The molecule has 0 aromatic heterocycles. The summed E-state index contributed by atoms with van der Waals surface area (Å²) in [4.78, 5) is 38.1. The Morgan fingerprint density at radius 2 is 1.77 bits per heavy atom. The highest BCUT2D eigenvalue weighted by Crippen LogP contribution is 2.34. The quantitative estimate of drug-likeness (QED) is 0.524. The van der Waals surface area contributed by atoms with Crippen molar-refractivity contribution in [1.82, 2.24) is 5.01 Å². The minimum atomic E-state index is -0.893. The summed E-state index contributed by atoms with van der Waals surface area (Å²) in [6.07, 6.45) is -1.19. The van der Waals surface area contributed by atoms with Crippen LogP contribution in [0.3, 0.4) is 0 Å². The lowest BCUT2D eigenvalue weighted by atomic mass is 9.81. The van der Waals surface area contributed by atoms with Crippen LogP contribution in [0.1, 0.15) is 46.1 Å². The summed E-state index contributed by atoms with van der Waals surface area (Å²) in [6.45, 7) is 8.40. The Kier molecular flexibility index (Phi) is 7.47. The maximum Gasteiger partial charge on any atom is 0.430 e. The molecule has 164 valence electrons. The van der Waals surface area contributed by atoms with Crippen molar-refractivity contribution in [2.75, 3.05) is 13.7 Å². The molecule has 0 radical (unpaired) electrons. The fraction of sp³-hybridized carbons (Fsp3) is 0.524. The first kappa shape index (κ1) is 23.7. The molecule has 1 heterocycles. The summed E-state index contributed by atoms with van der Waals surface area (Å²) in [7, 11) is 1.25. The Balaban J connectivity index is 2.57. The zero-order chi connectivity index (χ0) is 22.6. The summed E-state index contributed by atoms with van der Waals surface area (Å²) in [6, 6.07) is 6.70. The highest BCUT2D eigenvalue weighted by atomic mass is 35.5. The Morgan fingerprint density at radius 3 is 2.27 bits per heavy atom. The van der Waals surface area contributed by atoms with Crippen molar-refractivity contribution < 1.29 is 28.6 Å². The molecule has 8 nitrogen and oxygen atoms in total. The molecule has 30 heavy (non-hydrogen) atoms. The molecule has 1 aromatic carbocycles. The van der Waals surface area contributed by atoms with Crippen molar-refractivity contribution in [2.45, 2.75) is 52.2 Å². The number of rotatable bonds is 4. The molecule has 0 aliphatic carbocycles. The van der Waals surface area contributed by atoms with Crippen LogP contribution < -0.4 is 0 Å². The molecule has 2 rings (SSSR count). The first-order valence-electron chi connectivity index (χ1n) is 9.56. The molecule has 0 spiro atoms. The number of halogens is 1. The van der Waals surface area contributed by atoms with Crippen LogP contribution in [0.4, 0.5) is 4.79 Å². The van der Waals surface area contributed by atoms with Crippen molar-refractivity contribution in [3.63, 3.8) is 0 Å². The standard InChI is InChI=1S/C21H27ClN2O6/c1-12(2)29-19(26)17-16(13-7-9-14(22)10-8-13)15(18(25)28-6)11-24(23-17)20(27)30-21(3,4)5/h7-10,12,15-16H,11H2,1-6H3/t15-,16-/m0/s1. The lowest BCUT2D eigenvalue weighted by Crippen LogP contribution is -2.48. The van der Waals surface area contributed by atoms with Crippen LogP contribution in [0.2, 0.25) is 5.02 Å². The fourth-order valence-corrected chi connectivity index (χ4v) is 3.14. The van der Waals surface area contributed by atoms with E-state index in [0.29, 0.717) is 10.6 Å². The van der Waals surface area contributed by atoms with Gasteiger partial charge in [0.1, 0.15) is 5.60 Å². The first-order valence-corrected chi connectivity index (χ1v) is 9.94. The number of hydrogen-bond acceptors (Lipinski definition) is 7. The molecule has 0 fully saturated rings. The largest absolute Gasteiger partial charge is 0.469 e. The van der Waals surface area contributed by atoms with E-state index in [4.69, 9.17) is 25.8 Å². The highest BCUT2D eigenvalue weighted by molar-refractivity contribution is 6.39. The van der Waals surface area contributed by atoms with Gasteiger partial charge in [0.15, 0.2) is 5.71 Å². The van der Waals surface area contributed by atoms with Gasteiger partial charge in [-0.05, 0) is 52.3 Å². The third-order valence-electron chi connectivity index (χ3n) is 4.18. The molecule has 0 saturated heterocycles. The van der Waals surface area contributed by atoms with Crippen LogP contribution in [0.25, 0.3) is 0 Å². The van der Waals surface area contributed by atoms with Crippen molar-refractivity contribution in [1.29, 1.82) is 0 Å². The molecule has 0 saturated carbocycles. The minimum Gasteiger partial charge on any atom is -0.469 e. The van der Waals surface area contributed by atoms with Gasteiger partial charge >= 0.3 is 18.0 Å². The number of benzene rings is 1. The van der Waals surface area contributed by atoms with Crippen LogP contribution in [-0.4, -0.2) is 54.1 Å². The third kappa shape index (κ3) is 5.95. The number of methoxy groups -OCH3 is 1. The van der Waals surface area contributed by atoms with Gasteiger partial charge in [-0.3, -0.25) is 4.79 Å². The molecule has 9 heteroatoms. The maximum atomic E-state index is 12.9. The zero-order valence-corrected chi connectivity index (χ0v) is 18.7. The van der Waals surface area contributed by atoms with Crippen LogP contribution in [-0.2, 0) is 23.8 Å². The number of carbonyl (C=O) groups excluding carboxylic acids is 3. The van der Waals surface area contributed by atoms with E-state index in [-0.39, 0.29) is 12.3 Å². The van der Waals surface area contributed by atoms with Gasteiger partial charge in [0.2, 0.25) is 0 Å². The number of hydrogen-bond donors (Lipinski definition) is 0. The number of amides is 1. The SMILES string of the molecule is COC(=O)[C@H]1CN(C(=O)OC(C)(C)C)N=C(C(=O)OC(C)C)[C@H]1c1ccc(Cl)cc1. The van der Waals surface area contributed by atoms with Gasteiger partial charge in [0, 0.05) is 5.02 Å². The number of carbonyl (C=O) groups is 3. The number of ether oxygens (including phenoxy) is 3. The monoisotopic (exact) mass is 438 g/mol. The number of nitrogens with zero attached hydrogens (tertiary/aromatic N) is 2. The van der Waals surface area contributed by atoms with Crippen LogP contribution in [0.5, 0.6) is 0 Å². The lowest BCUT2D eigenvalue weighted by Gasteiger charge is -2.35. The average molecular weight is 439 g/mol. The topological polar surface area (TPSA) is 94.5 Å². The second-order valence-electron chi connectivity index (χ2n) is 8.16. The van der Waals surface area contributed by atoms with Gasteiger partial charge < -0.3 is 14.2 Å². The van der Waals surface area contributed by atoms with Crippen molar-refractivity contribution in [3.05, 3.63) is 34.9 Å². The van der Waals surface area contributed by atoms with Crippen LogP contribution in [0, 0.1) is 5.92 Å². The van der Waals surface area contributed by atoms with Gasteiger partial charge in [-0.25, -0.2) is 9.59 Å². The van der Waals surface area contributed by atoms with Crippen LogP contribution >= 0.6 is 11.6 Å². The summed E-state index contributed by atoms with van der Waals surface area (Å²) in [5.41, 5.74) is -0.240. The molecule has 0 N–H and O–H groups in total. The molecular weight excluding hydrogens is 412 g/mol. The Hall–Kier alpha value is -2.61. The Morgan fingerprint density at radius 1 is 1.17 bits per heavy atom. The normalized spacial score (nSPS) is 19.2. The zero-order valence-electron chi connectivity index (χ0n) is 18.0. The van der Waals surface area contributed by atoms with Crippen molar-refractivity contribution >= 4 is 35.3 Å². The van der Waals surface area contributed by atoms with Gasteiger partial charge in [0.05, 0.1) is 31.6 Å². The van der Waals surface area contributed by atoms with Crippen LogP contribution in [0.15, 0.2) is 29.4 Å². The van der Waals surface area contributed by atoms with Gasteiger partial charge in [-0.15, -0.1) is 0 Å². The summed E-state index contributed by atoms with van der Waals surface area (Å²) < 4.78 is 15.6. The molecule has 0 unspecified atom stereocenters. The van der Waals surface area contributed by atoms with E-state index in [1.165, 1.54) is 7.11 Å². The first-order chi connectivity index (χ1) is 13.9. The lowest BCUT2D eigenvalue weighted by molar-refractivity contribution is -0.146. The Labute approximate surface area is 181 Å². The smallest absolute Gasteiger partial charge is 0.430 e. The van der Waals surface area contributed by atoms with E-state index < -0.39 is 41.6 Å². The molecule has 1 aliphatic heterocycles. The predicted molar refractivity (Wildman–Crippen MR) is 111 cm³/mol. The molecule has 0 bridgehead atoms. The predicted octanol–water partition coefficient (Wildman–Crippen LogP) is 3.77. The molecule has 1 aliphatic rings. The van der Waals surface area contributed by atoms with E-state index in [2.05, 4.69) is 5.10 Å². The second kappa shape index (κ2) is 9.47. The molecular formula is C21H27ClN2O6. The van der Waals surface area contributed by atoms with E-state index in [0.717, 1.165) is 5.01 Å². The van der Waals surface area contributed by atoms with E-state index in [9.17, 15) is 14.4 Å². The average Bonchev–Trinajstić information content (AvgIpc) is 2.65. The van der Waals surface area contributed by atoms with Gasteiger partial charge in [0.25, 0.3) is 0 Å². The second-order valence-corrected chi connectivity index (χ2v) is 8.60. The van der Waals surface area contributed by atoms with Gasteiger partial charge in [-0.1, -0.05) is 23.7 Å². The fourth-order valence-electron chi connectivity index (χ4n) is 3.01. The Bertz CT molecular complexity index is 829. The van der Waals surface area contributed by atoms with Gasteiger partial charge in [-0.2, -0.15) is 10.1 Å². The summed E-state index contributed by atoms with van der Waals surface area (Å²) in [5.74, 6) is -2.99. The number of hydrazone groups is 1. The van der Waals surface area contributed by atoms with Crippen molar-refractivity contribution in [2.24, 2.45) is 11.0 Å². The number of esters is 2. The van der Waals surface area contributed by atoms with E-state index >= 15 is 0 Å².